The predicted octanol–water partition coefficient (Wildman–Crippen LogP) is -0.0396. The van der Waals surface area contributed by atoms with Gasteiger partial charge in [-0.3, -0.25) is 14.5 Å². The SMILES string of the molecule is Cl.Cl.NCC1CCCN1C(=O)C1CC(=O)N(CCN2CCOCC2)C1. The monoisotopic (exact) mass is 396 g/mol. The minimum Gasteiger partial charge on any atom is -0.379 e. The second-order valence-electron chi connectivity index (χ2n) is 6.76. The Kier molecular flexibility index (Phi) is 9.45. The molecule has 3 aliphatic heterocycles. The van der Waals surface area contributed by atoms with Crippen LogP contribution in [0.4, 0.5) is 0 Å². The number of ether oxygens (including phenoxy) is 1. The molecule has 0 aromatic rings. The van der Waals surface area contributed by atoms with Crippen molar-refractivity contribution in [1.29, 1.82) is 0 Å². The van der Waals surface area contributed by atoms with Gasteiger partial charge in [0.25, 0.3) is 0 Å². The molecule has 2 unspecified atom stereocenters. The molecule has 3 heterocycles. The second kappa shape index (κ2) is 10.5. The van der Waals surface area contributed by atoms with Crippen LogP contribution < -0.4 is 5.73 Å². The van der Waals surface area contributed by atoms with E-state index in [1.165, 1.54) is 0 Å². The Bertz CT molecular complexity index is 449. The molecule has 3 fully saturated rings. The van der Waals surface area contributed by atoms with Crippen molar-refractivity contribution in [1.82, 2.24) is 14.7 Å². The summed E-state index contributed by atoms with van der Waals surface area (Å²) in [6, 6.07) is 0.167. The Hall–Kier alpha value is -0.600. The highest BCUT2D eigenvalue weighted by atomic mass is 35.5. The predicted molar refractivity (Wildman–Crippen MR) is 100 cm³/mol. The summed E-state index contributed by atoms with van der Waals surface area (Å²) in [5.74, 6) is 0.0552. The molecular formula is C16H30Cl2N4O3. The molecule has 0 bridgehead atoms. The molecule has 2 N–H and O–H groups in total. The van der Waals surface area contributed by atoms with Gasteiger partial charge in [0.1, 0.15) is 0 Å². The number of nitrogens with two attached hydrogens (primary N) is 1. The summed E-state index contributed by atoms with van der Waals surface area (Å²) in [6.07, 6.45) is 2.37. The third kappa shape index (κ3) is 5.44. The van der Waals surface area contributed by atoms with Gasteiger partial charge >= 0.3 is 0 Å². The van der Waals surface area contributed by atoms with Crippen LogP contribution in [0.3, 0.4) is 0 Å². The summed E-state index contributed by atoms with van der Waals surface area (Å²) in [6.45, 7) is 6.85. The molecule has 146 valence electrons. The van der Waals surface area contributed by atoms with Crippen LogP contribution >= 0.6 is 24.8 Å². The fourth-order valence-electron chi connectivity index (χ4n) is 3.85. The highest BCUT2D eigenvalue weighted by Gasteiger charge is 2.39. The van der Waals surface area contributed by atoms with E-state index in [4.69, 9.17) is 10.5 Å². The van der Waals surface area contributed by atoms with Gasteiger partial charge in [-0.1, -0.05) is 0 Å². The average Bonchev–Trinajstić information content (AvgIpc) is 3.19. The van der Waals surface area contributed by atoms with Crippen molar-refractivity contribution in [2.75, 3.05) is 59.0 Å². The van der Waals surface area contributed by atoms with E-state index in [9.17, 15) is 9.59 Å². The number of halogens is 2. The quantitative estimate of drug-likeness (QED) is 0.705. The molecule has 0 spiro atoms. The van der Waals surface area contributed by atoms with Crippen LogP contribution in [0, 0.1) is 5.92 Å². The Morgan fingerprint density at radius 2 is 1.88 bits per heavy atom. The number of hydrogen-bond acceptors (Lipinski definition) is 5. The van der Waals surface area contributed by atoms with Crippen molar-refractivity contribution >= 4 is 36.6 Å². The minimum atomic E-state index is -0.181. The lowest BCUT2D eigenvalue weighted by molar-refractivity contribution is -0.136. The van der Waals surface area contributed by atoms with Gasteiger partial charge in [-0.15, -0.1) is 24.8 Å². The van der Waals surface area contributed by atoms with Crippen molar-refractivity contribution < 1.29 is 14.3 Å². The molecule has 0 aliphatic carbocycles. The summed E-state index contributed by atoms with van der Waals surface area (Å²) >= 11 is 0. The van der Waals surface area contributed by atoms with Crippen LogP contribution in [0.5, 0.6) is 0 Å². The maximum atomic E-state index is 12.7. The maximum Gasteiger partial charge on any atom is 0.228 e. The van der Waals surface area contributed by atoms with Crippen LogP contribution in [0.25, 0.3) is 0 Å². The molecule has 0 radical (unpaired) electrons. The van der Waals surface area contributed by atoms with Crippen LogP contribution in [-0.4, -0.2) is 91.6 Å². The first kappa shape index (κ1) is 22.4. The third-order valence-corrected chi connectivity index (χ3v) is 5.29. The molecular weight excluding hydrogens is 367 g/mol. The first-order valence-corrected chi connectivity index (χ1v) is 8.77. The third-order valence-electron chi connectivity index (χ3n) is 5.29. The Morgan fingerprint density at radius 3 is 2.56 bits per heavy atom. The van der Waals surface area contributed by atoms with E-state index in [1.54, 1.807) is 0 Å². The maximum absolute atomic E-state index is 12.7. The molecule has 2 amide bonds. The number of hydrogen-bond donors (Lipinski definition) is 1. The topological polar surface area (TPSA) is 79.1 Å². The van der Waals surface area contributed by atoms with E-state index in [-0.39, 0.29) is 48.6 Å². The van der Waals surface area contributed by atoms with Gasteiger partial charge in [0, 0.05) is 58.3 Å². The fraction of sp³-hybridized carbons (Fsp3) is 0.875. The van der Waals surface area contributed by atoms with Crippen LogP contribution in [-0.2, 0) is 14.3 Å². The molecule has 25 heavy (non-hydrogen) atoms. The van der Waals surface area contributed by atoms with Crippen LogP contribution in [0.1, 0.15) is 19.3 Å². The molecule has 0 aromatic carbocycles. The van der Waals surface area contributed by atoms with Crippen LogP contribution in [0.2, 0.25) is 0 Å². The second-order valence-corrected chi connectivity index (χ2v) is 6.76. The number of amides is 2. The lowest BCUT2D eigenvalue weighted by atomic mass is 10.1. The van der Waals surface area contributed by atoms with Gasteiger partial charge in [-0.2, -0.15) is 0 Å². The molecule has 0 saturated carbocycles. The number of morpholine rings is 1. The molecule has 3 saturated heterocycles. The Morgan fingerprint density at radius 1 is 1.16 bits per heavy atom. The van der Waals surface area contributed by atoms with Crippen molar-refractivity contribution in [2.24, 2.45) is 11.7 Å². The van der Waals surface area contributed by atoms with E-state index < -0.39 is 0 Å². The molecule has 2 atom stereocenters. The summed E-state index contributed by atoms with van der Waals surface area (Å²) in [4.78, 5) is 31.0. The van der Waals surface area contributed by atoms with E-state index >= 15 is 0 Å². The summed E-state index contributed by atoms with van der Waals surface area (Å²) in [5, 5.41) is 0. The van der Waals surface area contributed by atoms with Gasteiger partial charge in [0.2, 0.25) is 11.8 Å². The number of carbonyl (C=O) groups excluding carboxylic acids is 2. The first-order chi connectivity index (χ1) is 11.2. The first-order valence-electron chi connectivity index (χ1n) is 8.77. The fourth-order valence-corrected chi connectivity index (χ4v) is 3.85. The van der Waals surface area contributed by atoms with Gasteiger partial charge in [0.05, 0.1) is 19.1 Å². The van der Waals surface area contributed by atoms with E-state index in [1.807, 2.05) is 9.80 Å². The zero-order valence-corrected chi connectivity index (χ0v) is 16.2. The Labute approximate surface area is 162 Å². The molecule has 3 rings (SSSR count). The van der Waals surface area contributed by atoms with Gasteiger partial charge in [0.15, 0.2) is 0 Å². The van der Waals surface area contributed by atoms with Crippen molar-refractivity contribution in [2.45, 2.75) is 25.3 Å². The number of nitrogens with zero attached hydrogens (tertiary/aromatic N) is 3. The van der Waals surface area contributed by atoms with Crippen molar-refractivity contribution in [3.63, 3.8) is 0 Å². The van der Waals surface area contributed by atoms with Gasteiger partial charge < -0.3 is 20.3 Å². The lowest BCUT2D eigenvalue weighted by Crippen LogP contribution is -2.44. The van der Waals surface area contributed by atoms with Crippen molar-refractivity contribution in [3.05, 3.63) is 0 Å². The van der Waals surface area contributed by atoms with Gasteiger partial charge in [-0.05, 0) is 12.8 Å². The Balaban J connectivity index is 0.00000156. The largest absolute Gasteiger partial charge is 0.379 e. The van der Waals surface area contributed by atoms with E-state index in [2.05, 4.69) is 4.90 Å². The number of carbonyl (C=O) groups is 2. The molecule has 3 aliphatic rings. The average molecular weight is 397 g/mol. The zero-order valence-electron chi connectivity index (χ0n) is 14.6. The molecule has 0 aromatic heterocycles. The standard InChI is InChI=1S/C16H28N4O3.2ClH/c17-11-14-2-1-3-20(14)16(22)13-10-15(21)19(12-13)5-4-18-6-8-23-9-7-18;;/h13-14H,1-12,17H2;2*1H. The van der Waals surface area contributed by atoms with Crippen molar-refractivity contribution in [3.8, 4) is 0 Å². The summed E-state index contributed by atoms with van der Waals surface area (Å²) in [7, 11) is 0. The van der Waals surface area contributed by atoms with Gasteiger partial charge in [-0.25, -0.2) is 0 Å². The highest BCUT2D eigenvalue weighted by Crippen LogP contribution is 2.25. The summed E-state index contributed by atoms with van der Waals surface area (Å²) < 4.78 is 5.34. The van der Waals surface area contributed by atoms with E-state index in [0.717, 1.165) is 52.2 Å². The van der Waals surface area contributed by atoms with E-state index in [0.29, 0.717) is 26.1 Å². The normalized spacial score (nSPS) is 27.2. The molecule has 7 nitrogen and oxygen atoms in total. The number of rotatable bonds is 5. The smallest absolute Gasteiger partial charge is 0.228 e. The minimum absolute atomic E-state index is 0. The summed E-state index contributed by atoms with van der Waals surface area (Å²) in [5.41, 5.74) is 5.76. The number of likely N-dealkylation sites (tertiary alicyclic amines) is 2. The highest BCUT2D eigenvalue weighted by molar-refractivity contribution is 5.89. The lowest BCUT2D eigenvalue weighted by Gasteiger charge is -2.29. The molecule has 9 heteroatoms. The van der Waals surface area contributed by atoms with Crippen LogP contribution in [0.15, 0.2) is 0 Å². The zero-order chi connectivity index (χ0) is 16.2.